The van der Waals surface area contributed by atoms with Gasteiger partial charge in [-0.05, 0) is 56.3 Å². The van der Waals surface area contributed by atoms with Crippen molar-refractivity contribution in [2.45, 2.75) is 31.2 Å². The largest absolute Gasteiger partial charge is 0.381 e. The van der Waals surface area contributed by atoms with Gasteiger partial charge in [-0.3, -0.25) is 9.89 Å². The molecule has 0 atom stereocenters. The number of ether oxygens (including phenoxy) is 1. The molecule has 4 heterocycles. The van der Waals surface area contributed by atoms with Gasteiger partial charge >= 0.3 is 0 Å². The number of nitrogens with zero attached hydrogens (tertiary/aromatic N) is 4. The van der Waals surface area contributed by atoms with E-state index >= 15 is 0 Å². The maximum atomic E-state index is 5.68. The summed E-state index contributed by atoms with van der Waals surface area (Å²) >= 11 is 1.83. The number of guanidine groups is 1. The lowest BCUT2D eigenvalue weighted by atomic mass is 9.88. The van der Waals surface area contributed by atoms with Crippen molar-refractivity contribution in [3.63, 3.8) is 0 Å². The molecular formula is C20H33N5OS. The van der Waals surface area contributed by atoms with Crippen LogP contribution in [0.5, 0.6) is 0 Å². The van der Waals surface area contributed by atoms with E-state index in [1.165, 1.54) is 30.9 Å². The third-order valence-corrected chi connectivity index (χ3v) is 7.31. The molecule has 150 valence electrons. The minimum Gasteiger partial charge on any atom is -0.381 e. The van der Waals surface area contributed by atoms with Crippen molar-refractivity contribution in [3.8, 4) is 0 Å². The lowest BCUT2D eigenvalue weighted by Gasteiger charge is -2.45. The van der Waals surface area contributed by atoms with Gasteiger partial charge in [0.2, 0.25) is 0 Å². The number of aliphatic imine (C=N–C) groups is 1. The zero-order chi connectivity index (χ0) is 18.5. The third-order valence-electron chi connectivity index (χ3n) is 6.38. The number of thiophene rings is 1. The quantitative estimate of drug-likeness (QED) is 0.629. The lowest BCUT2D eigenvalue weighted by Crippen LogP contribution is -2.60. The average molecular weight is 392 g/mol. The highest BCUT2D eigenvalue weighted by atomic mass is 32.1. The lowest BCUT2D eigenvalue weighted by molar-refractivity contribution is -0.0166. The highest BCUT2D eigenvalue weighted by Gasteiger charge is 2.40. The van der Waals surface area contributed by atoms with Crippen molar-refractivity contribution in [2.75, 3.05) is 71.0 Å². The Bertz CT molecular complexity index is 600. The van der Waals surface area contributed by atoms with E-state index in [0.29, 0.717) is 0 Å². The van der Waals surface area contributed by atoms with Crippen LogP contribution < -0.4 is 10.2 Å². The van der Waals surface area contributed by atoms with Gasteiger partial charge in [-0.25, -0.2) is 0 Å². The van der Waals surface area contributed by atoms with Gasteiger partial charge in [0.15, 0.2) is 5.96 Å². The van der Waals surface area contributed by atoms with Gasteiger partial charge in [-0.2, -0.15) is 0 Å². The zero-order valence-corrected chi connectivity index (χ0v) is 17.3. The van der Waals surface area contributed by atoms with Gasteiger partial charge < -0.3 is 19.9 Å². The smallest absolute Gasteiger partial charge is 0.193 e. The Labute approximate surface area is 167 Å². The van der Waals surface area contributed by atoms with Crippen molar-refractivity contribution in [3.05, 3.63) is 17.5 Å². The average Bonchev–Trinajstić information content (AvgIpc) is 3.44. The first-order valence-electron chi connectivity index (χ1n) is 10.4. The Kier molecular flexibility index (Phi) is 6.20. The van der Waals surface area contributed by atoms with Crippen LogP contribution in [0.4, 0.5) is 5.00 Å². The van der Waals surface area contributed by atoms with Gasteiger partial charge in [-0.15, -0.1) is 11.3 Å². The molecule has 0 aromatic carbocycles. The Morgan fingerprint density at radius 1 is 1.15 bits per heavy atom. The van der Waals surface area contributed by atoms with E-state index in [9.17, 15) is 0 Å². The fraction of sp³-hybridized carbons (Fsp3) is 0.750. The van der Waals surface area contributed by atoms with E-state index in [2.05, 4.69) is 42.5 Å². The van der Waals surface area contributed by atoms with Gasteiger partial charge in [0.05, 0.1) is 5.00 Å². The van der Waals surface area contributed by atoms with E-state index in [1.54, 1.807) is 0 Å². The van der Waals surface area contributed by atoms with Crippen LogP contribution in [0.15, 0.2) is 22.5 Å². The van der Waals surface area contributed by atoms with Crippen molar-refractivity contribution in [1.82, 2.24) is 15.1 Å². The first-order valence-corrected chi connectivity index (χ1v) is 11.3. The van der Waals surface area contributed by atoms with Gasteiger partial charge in [-0.1, -0.05) is 0 Å². The molecule has 0 amide bonds. The normalized spacial score (nSPS) is 24.4. The number of anilines is 1. The van der Waals surface area contributed by atoms with E-state index in [-0.39, 0.29) is 5.54 Å². The molecule has 3 fully saturated rings. The molecule has 3 aliphatic rings. The first-order chi connectivity index (χ1) is 13.3. The molecular weight excluding hydrogens is 358 g/mol. The monoisotopic (exact) mass is 391 g/mol. The van der Waals surface area contributed by atoms with Crippen LogP contribution in [-0.2, 0) is 4.74 Å². The van der Waals surface area contributed by atoms with Gasteiger partial charge in [0.1, 0.15) is 0 Å². The predicted molar refractivity (Wildman–Crippen MR) is 113 cm³/mol. The van der Waals surface area contributed by atoms with Crippen LogP contribution in [0, 0.1) is 0 Å². The summed E-state index contributed by atoms with van der Waals surface area (Å²) in [4.78, 5) is 12.2. The van der Waals surface area contributed by atoms with E-state index in [0.717, 1.165) is 64.7 Å². The highest BCUT2D eigenvalue weighted by Crippen LogP contribution is 2.31. The second-order valence-electron chi connectivity index (χ2n) is 7.86. The summed E-state index contributed by atoms with van der Waals surface area (Å²) in [6.07, 6.45) is 4.93. The maximum Gasteiger partial charge on any atom is 0.193 e. The van der Waals surface area contributed by atoms with Crippen molar-refractivity contribution < 1.29 is 4.74 Å². The Hall–Kier alpha value is -1.31. The minimum absolute atomic E-state index is 0.240. The molecule has 0 bridgehead atoms. The molecule has 4 rings (SSSR count). The number of hydrogen-bond acceptors (Lipinski definition) is 5. The van der Waals surface area contributed by atoms with E-state index in [1.807, 2.05) is 18.4 Å². The number of piperazine rings is 1. The summed E-state index contributed by atoms with van der Waals surface area (Å²) in [5.74, 6) is 1.06. The standard InChI is InChI=1S/C20H33N5OS/c1-21-19(24-12-10-23(11-13-24)18-5-4-16-27-18)22-17-20(6-14-26-15-7-20)25-8-2-3-9-25/h4-5,16H,2-3,6-15,17H2,1H3,(H,21,22). The summed E-state index contributed by atoms with van der Waals surface area (Å²) in [6.45, 7) is 9.40. The van der Waals surface area contributed by atoms with E-state index < -0.39 is 0 Å². The van der Waals surface area contributed by atoms with Crippen LogP contribution >= 0.6 is 11.3 Å². The highest BCUT2D eigenvalue weighted by molar-refractivity contribution is 7.14. The summed E-state index contributed by atoms with van der Waals surface area (Å²) in [5.41, 5.74) is 0.240. The number of likely N-dealkylation sites (tertiary alicyclic amines) is 1. The van der Waals surface area contributed by atoms with Crippen LogP contribution in [-0.4, -0.2) is 87.4 Å². The molecule has 6 nitrogen and oxygen atoms in total. The fourth-order valence-electron chi connectivity index (χ4n) is 4.71. The number of rotatable bonds is 4. The molecule has 1 aromatic rings. The van der Waals surface area contributed by atoms with Crippen molar-refractivity contribution in [1.29, 1.82) is 0 Å². The molecule has 0 unspecified atom stereocenters. The summed E-state index contributed by atoms with van der Waals surface area (Å²) in [6, 6.07) is 4.36. The molecule has 3 aliphatic heterocycles. The predicted octanol–water partition coefficient (Wildman–Crippen LogP) is 2.09. The molecule has 3 saturated heterocycles. The Morgan fingerprint density at radius 3 is 2.52 bits per heavy atom. The molecule has 0 saturated carbocycles. The van der Waals surface area contributed by atoms with Crippen LogP contribution in [0.3, 0.4) is 0 Å². The topological polar surface area (TPSA) is 43.3 Å². The first kappa shape index (κ1) is 19.0. The molecule has 1 aromatic heterocycles. The molecule has 0 radical (unpaired) electrons. The SMILES string of the molecule is CN=C(NCC1(N2CCCC2)CCOCC1)N1CCN(c2cccs2)CC1. The molecule has 7 heteroatoms. The summed E-state index contributed by atoms with van der Waals surface area (Å²) in [5, 5.41) is 7.28. The second kappa shape index (κ2) is 8.80. The van der Waals surface area contributed by atoms with Crippen LogP contribution in [0.2, 0.25) is 0 Å². The Morgan fingerprint density at radius 2 is 1.89 bits per heavy atom. The minimum atomic E-state index is 0.240. The fourth-order valence-corrected chi connectivity index (χ4v) is 5.50. The molecule has 1 N–H and O–H groups in total. The zero-order valence-electron chi connectivity index (χ0n) is 16.5. The van der Waals surface area contributed by atoms with Crippen molar-refractivity contribution >= 4 is 22.3 Å². The maximum absolute atomic E-state index is 5.68. The number of hydrogen-bond donors (Lipinski definition) is 1. The number of nitrogens with one attached hydrogen (secondary N) is 1. The van der Waals surface area contributed by atoms with Crippen molar-refractivity contribution in [2.24, 2.45) is 4.99 Å². The summed E-state index contributed by atoms with van der Waals surface area (Å²) < 4.78 is 5.68. The van der Waals surface area contributed by atoms with Gasteiger partial charge in [0.25, 0.3) is 0 Å². The second-order valence-corrected chi connectivity index (χ2v) is 8.78. The van der Waals surface area contributed by atoms with Crippen LogP contribution in [0.1, 0.15) is 25.7 Å². The van der Waals surface area contributed by atoms with E-state index in [4.69, 9.17) is 4.74 Å². The Balaban J connectivity index is 1.34. The van der Waals surface area contributed by atoms with Gasteiger partial charge in [0, 0.05) is 58.5 Å². The molecule has 0 spiro atoms. The third kappa shape index (κ3) is 4.25. The summed E-state index contributed by atoms with van der Waals surface area (Å²) in [7, 11) is 1.92. The molecule has 0 aliphatic carbocycles. The molecule has 27 heavy (non-hydrogen) atoms. The van der Waals surface area contributed by atoms with Crippen LogP contribution in [0.25, 0.3) is 0 Å².